The number of rotatable bonds is 3. The molecule has 0 aliphatic rings. The van der Waals surface area contributed by atoms with Gasteiger partial charge in [0.05, 0.1) is 6.61 Å². The maximum Gasteiger partial charge on any atom is 0.169 e. The number of anilines is 1. The second kappa shape index (κ2) is 3.22. The number of hydrogen-bond donors (Lipinski definition) is 2. The Bertz CT molecular complexity index is 197. The summed E-state index contributed by atoms with van der Waals surface area (Å²) < 4.78 is 4.77. The first-order valence-corrected chi connectivity index (χ1v) is 3.11. The smallest absolute Gasteiger partial charge is 0.169 e. The van der Waals surface area contributed by atoms with E-state index in [1.807, 2.05) is 6.92 Å². The molecule has 0 bridgehead atoms. The Morgan fingerprint density at radius 2 is 2.60 bits per heavy atom. The average molecular weight is 142 g/mol. The molecule has 1 aromatic heterocycles. The van der Waals surface area contributed by atoms with Gasteiger partial charge in [-0.1, -0.05) is 5.16 Å². The topological polar surface area (TPSA) is 58.3 Å². The van der Waals surface area contributed by atoms with Gasteiger partial charge in [-0.05, 0) is 6.92 Å². The standard InChI is InChI=1S/C6H10N2O2/c1-5-4-6(8-10-5)7-2-3-9/h4,9H,2-3H2,1H3,(H,7,8). The van der Waals surface area contributed by atoms with Crippen molar-refractivity contribution in [3.05, 3.63) is 11.8 Å². The molecule has 10 heavy (non-hydrogen) atoms. The summed E-state index contributed by atoms with van der Waals surface area (Å²) in [4.78, 5) is 0. The molecule has 0 aliphatic heterocycles. The minimum absolute atomic E-state index is 0.103. The third-order valence-electron chi connectivity index (χ3n) is 1.05. The van der Waals surface area contributed by atoms with E-state index in [1.165, 1.54) is 0 Å². The fourth-order valence-corrected chi connectivity index (χ4v) is 0.634. The van der Waals surface area contributed by atoms with Gasteiger partial charge in [-0.2, -0.15) is 0 Å². The van der Waals surface area contributed by atoms with Crippen molar-refractivity contribution in [2.24, 2.45) is 0 Å². The number of aliphatic hydroxyl groups is 1. The molecule has 4 heteroatoms. The van der Waals surface area contributed by atoms with Gasteiger partial charge in [0.25, 0.3) is 0 Å². The van der Waals surface area contributed by atoms with Gasteiger partial charge in [-0.3, -0.25) is 0 Å². The maximum absolute atomic E-state index is 8.41. The number of aromatic nitrogens is 1. The summed E-state index contributed by atoms with van der Waals surface area (Å²) in [5.74, 6) is 1.44. The zero-order chi connectivity index (χ0) is 7.40. The van der Waals surface area contributed by atoms with Crippen molar-refractivity contribution < 1.29 is 9.63 Å². The zero-order valence-electron chi connectivity index (χ0n) is 5.79. The van der Waals surface area contributed by atoms with Crippen molar-refractivity contribution in [1.29, 1.82) is 0 Å². The summed E-state index contributed by atoms with van der Waals surface area (Å²) in [7, 11) is 0. The molecule has 0 fully saturated rings. The summed E-state index contributed by atoms with van der Waals surface area (Å²) in [5, 5.41) is 14.9. The average Bonchev–Trinajstić information content (AvgIpc) is 2.31. The largest absolute Gasteiger partial charge is 0.395 e. The normalized spacial score (nSPS) is 9.80. The third-order valence-corrected chi connectivity index (χ3v) is 1.05. The molecule has 0 amide bonds. The molecular weight excluding hydrogens is 132 g/mol. The highest BCUT2D eigenvalue weighted by molar-refractivity contribution is 5.32. The predicted molar refractivity (Wildman–Crippen MR) is 36.8 cm³/mol. The van der Waals surface area contributed by atoms with Crippen molar-refractivity contribution in [2.45, 2.75) is 6.92 Å². The van der Waals surface area contributed by atoms with Crippen molar-refractivity contribution in [3.63, 3.8) is 0 Å². The quantitative estimate of drug-likeness (QED) is 0.640. The molecule has 0 radical (unpaired) electrons. The monoisotopic (exact) mass is 142 g/mol. The summed E-state index contributed by atoms with van der Waals surface area (Å²) in [5.41, 5.74) is 0. The van der Waals surface area contributed by atoms with E-state index >= 15 is 0 Å². The first-order valence-electron chi connectivity index (χ1n) is 3.11. The maximum atomic E-state index is 8.41. The molecule has 0 spiro atoms. The Morgan fingerprint density at radius 1 is 1.80 bits per heavy atom. The molecule has 0 aromatic carbocycles. The Kier molecular flexibility index (Phi) is 2.28. The van der Waals surface area contributed by atoms with Gasteiger partial charge >= 0.3 is 0 Å². The van der Waals surface area contributed by atoms with Gasteiger partial charge in [-0.15, -0.1) is 0 Å². The fourth-order valence-electron chi connectivity index (χ4n) is 0.634. The minimum atomic E-state index is 0.103. The van der Waals surface area contributed by atoms with Crippen LogP contribution in [0.25, 0.3) is 0 Å². The summed E-state index contributed by atoms with van der Waals surface area (Å²) in [6.07, 6.45) is 0. The van der Waals surface area contributed by atoms with Crippen LogP contribution in [0.1, 0.15) is 5.76 Å². The molecule has 1 heterocycles. The molecule has 0 unspecified atom stereocenters. The Balaban J connectivity index is 2.42. The lowest BCUT2D eigenvalue weighted by atomic mass is 10.5. The SMILES string of the molecule is Cc1cc(NCCO)no1. The molecule has 1 aromatic rings. The first-order chi connectivity index (χ1) is 4.83. The first kappa shape index (κ1) is 7.08. The molecule has 4 nitrogen and oxygen atoms in total. The van der Waals surface area contributed by atoms with Crippen LogP contribution < -0.4 is 5.32 Å². The van der Waals surface area contributed by atoms with Gasteiger partial charge in [0, 0.05) is 12.6 Å². The van der Waals surface area contributed by atoms with Gasteiger partial charge in [0.1, 0.15) is 5.76 Å². The number of aryl methyl sites for hydroxylation is 1. The lowest BCUT2D eigenvalue weighted by molar-refractivity contribution is 0.310. The predicted octanol–water partition coefficient (Wildman–Crippen LogP) is 0.387. The van der Waals surface area contributed by atoms with Crippen LogP contribution in [0.3, 0.4) is 0 Å². The Hall–Kier alpha value is -1.03. The van der Waals surface area contributed by atoms with Crippen molar-refractivity contribution in [3.8, 4) is 0 Å². The number of hydrogen-bond acceptors (Lipinski definition) is 4. The highest BCUT2D eigenvalue weighted by Crippen LogP contribution is 2.05. The number of nitrogens with zero attached hydrogens (tertiary/aromatic N) is 1. The number of nitrogens with one attached hydrogen (secondary N) is 1. The van der Waals surface area contributed by atoms with E-state index in [0.29, 0.717) is 12.4 Å². The van der Waals surface area contributed by atoms with Crippen LogP contribution >= 0.6 is 0 Å². The number of aliphatic hydroxyl groups excluding tert-OH is 1. The molecule has 0 saturated heterocycles. The van der Waals surface area contributed by atoms with E-state index in [1.54, 1.807) is 6.07 Å². The van der Waals surface area contributed by atoms with Gasteiger partial charge in [-0.25, -0.2) is 0 Å². The van der Waals surface area contributed by atoms with Gasteiger partial charge in [0.2, 0.25) is 0 Å². The van der Waals surface area contributed by atoms with Crippen LogP contribution in [-0.4, -0.2) is 23.4 Å². The Morgan fingerprint density at radius 3 is 3.10 bits per heavy atom. The molecule has 1 rings (SSSR count). The highest BCUT2D eigenvalue weighted by Gasteiger charge is 1.95. The van der Waals surface area contributed by atoms with Crippen LogP contribution in [0.2, 0.25) is 0 Å². The van der Waals surface area contributed by atoms with Crippen molar-refractivity contribution >= 4 is 5.82 Å². The van der Waals surface area contributed by atoms with Crippen molar-refractivity contribution in [1.82, 2.24) is 5.16 Å². The van der Waals surface area contributed by atoms with E-state index in [-0.39, 0.29) is 6.61 Å². The van der Waals surface area contributed by atoms with Crippen LogP contribution in [0.15, 0.2) is 10.6 Å². The lowest BCUT2D eigenvalue weighted by Crippen LogP contribution is -2.05. The van der Waals surface area contributed by atoms with E-state index in [0.717, 1.165) is 5.76 Å². The second-order valence-electron chi connectivity index (χ2n) is 1.97. The molecular formula is C6H10N2O2. The van der Waals surface area contributed by atoms with Crippen LogP contribution in [-0.2, 0) is 0 Å². The van der Waals surface area contributed by atoms with Crippen molar-refractivity contribution in [2.75, 3.05) is 18.5 Å². The van der Waals surface area contributed by atoms with E-state index < -0.39 is 0 Å². The van der Waals surface area contributed by atoms with Gasteiger partial charge < -0.3 is 14.9 Å². The van der Waals surface area contributed by atoms with E-state index in [4.69, 9.17) is 9.63 Å². The highest BCUT2D eigenvalue weighted by atomic mass is 16.5. The van der Waals surface area contributed by atoms with Crippen LogP contribution in [0, 0.1) is 6.92 Å². The second-order valence-corrected chi connectivity index (χ2v) is 1.97. The van der Waals surface area contributed by atoms with Crippen LogP contribution in [0.5, 0.6) is 0 Å². The Labute approximate surface area is 58.8 Å². The van der Waals surface area contributed by atoms with E-state index in [2.05, 4.69) is 10.5 Å². The molecule has 56 valence electrons. The van der Waals surface area contributed by atoms with E-state index in [9.17, 15) is 0 Å². The molecule has 0 atom stereocenters. The lowest BCUT2D eigenvalue weighted by Gasteiger charge is -1.94. The van der Waals surface area contributed by atoms with Gasteiger partial charge in [0.15, 0.2) is 5.82 Å². The summed E-state index contributed by atoms with van der Waals surface area (Å²) >= 11 is 0. The summed E-state index contributed by atoms with van der Waals surface area (Å²) in [6.45, 7) is 2.43. The molecule has 0 saturated carbocycles. The third kappa shape index (κ3) is 1.73. The summed E-state index contributed by atoms with van der Waals surface area (Å²) in [6, 6.07) is 1.77. The fraction of sp³-hybridized carbons (Fsp3) is 0.500. The molecule has 2 N–H and O–H groups in total. The molecule has 0 aliphatic carbocycles. The zero-order valence-corrected chi connectivity index (χ0v) is 5.79. The van der Waals surface area contributed by atoms with Crippen LogP contribution in [0.4, 0.5) is 5.82 Å². The minimum Gasteiger partial charge on any atom is -0.395 e.